The molecule has 4 nitrogen and oxygen atoms in total. The highest BCUT2D eigenvalue weighted by Gasteiger charge is 2.21. The van der Waals surface area contributed by atoms with Crippen molar-refractivity contribution in [3.8, 4) is 0 Å². The Hall–Kier alpha value is -1.38. The zero-order chi connectivity index (χ0) is 16.5. The van der Waals surface area contributed by atoms with Crippen molar-refractivity contribution in [2.45, 2.75) is 37.6 Å². The van der Waals surface area contributed by atoms with Crippen LogP contribution in [-0.2, 0) is 22.0 Å². The van der Waals surface area contributed by atoms with Crippen LogP contribution in [0.2, 0.25) is 0 Å². The third-order valence-electron chi connectivity index (χ3n) is 2.82. The van der Waals surface area contributed by atoms with Crippen molar-refractivity contribution >= 4 is 21.4 Å². The first-order valence-electron chi connectivity index (χ1n) is 6.49. The average Bonchev–Trinajstić information content (AvgIpc) is 2.84. The van der Waals surface area contributed by atoms with E-state index in [1.54, 1.807) is 5.38 Å². The Morgan fingerprint density at radius 3 is 2.50 bits per heavy atom. The number of sulfonamides is 1. The fraction of sp³-hybridized carbons (Fsp3) is 0.357. The maximum absolute atomic E-state index is 13.6. The highest BCUT2D eigenvalue weighted by Crippen LogP contribution is 2.25. The number of thiazole rings is 1. The van der Waals surface area contributed by atoms with Gasteiger partial charge in [0.15, 0.2) is 0 Å². The quantitative estimate of drug-likeness (QED) is 0.925. The summed E-state index contributed by atoms with van der Waals surface area (Å²) in [5.41, 5.74) is 0.436. The minimum atomic E-state index is -4.06. The number of rotatable bonds is 4. The van der Waals surface area contributed by atoms with Crippen LogP contribution in [0, 0.1) is 11.6 Å². The van der Waals surface area contributed by atoms with Gasteiger partial charge < -0.3 is 0 Å². The normalized spacial score (nSPS) is 12.6. The van der Waals surface area contributed by atoms with Crippen LogP contribution in [0.15, 0.2) is 28.5 Å². The van der Waals surface area contributed by atoms with E-state index in [1.165, 1.54) is 11.3 Å². The summed E-state index contributed by atoms with van der Waals surface area (Å²) in [5, 5.41) is 2.64. The first-order valence-corrected chi connectivity index (χ1v) is 8.85. The second kappa shape index (κ2) is 6.02. The molecule has 1 aromatic carbocycles. The van der Waals surface area contributed by atoms with Gasteiger partial charge in [0.1, 0.15) is 16.5 Å². The Morgan fingerprint density at radius 2 is 1.95 bits per heavy atom. The summed E-state index contributed by atoms with van der Waals surface area (Å²) in [4.78, 5) is 3.77. The highest BCUT2D eigenvalue weighted by atomic mass is 32.2. The molecule has 2 rings (SSSR count). The van der Waals surface area contributed by atoms with E-state index < -0.39 is 26.6 Å². The Labute approximate surface area is 132 Å². The van der Waals surface area contributed by atoms with E-state index in [0.717, 1.165) is 17.1 Å². The molecule has 120 valence electrons. The lowest BCUT2D eigenvalue weighted by Gasteiger charge is -2.13. The largest absolute Gasteiger partial charge is 0.244 e. The second-order valence-corrected chi connectivity index (χ2v) is 8.39. The zero-order valence-electron chi connectivity index (χ0n) is 12.4. The lowest BCUT2D eigenvalue weighted by atomic mass is 9.98. The molecule has 0 atom stereocenters. The van der Waals surface area contributed by atoms with Gasteiger partial charge in [-0.3, -0.25) is 0 Å². The second-order valence-electron chi connectivity index (χ2n) is 5.79. The van der Waals surface area contributed by atoms with E-state index in [9.17, 15) is 17.2 Å². The molecule has 0 bridgehead atoms. The Balaban J connectivity index is 2.15. The molecular weight excluding hydrogens is 330 g/mol. The molecule has 0 radical (unpaired) electrons. The van der Waals surface area contributed by atoms with Crippen LogP contribution < -0.4 is 4.72 Å². The lowest BCUT2D eigenvalue weighted by molar-refractivity contribution is 0.542. The van der Waals surface area contributed by atoms with E-state index >= 15 is 0 Å². The van der Waals surface area contributed by atoms with Crippen molar-refractivity contribution < 1.29 is 17.2 Å². The van der Waals surface area contributed by atoms with Crippen LogP contribution in [0.1, 0.15) is 31.5 Å². The number of hydrogen-bond donors (Lipinski definition) is 1. The van der Waals surface area contributed by atoms with E-state index in [2.05, 4.69) is 9.71 Å². The maximum atomic E-state index is 13.6. The van der Waals surface area contributed by atoms with Gasteiger partial charge in [0.25, 0.3) is 0 Å². The first kappa shape index (κ1) is 17.0. The Kier molecular flexibility index (Phi) is 4.65. The summed E-state index contributed by atoms with van der Waals surface area (Å²) in [6.07, 6.45) is 0. The number of benzene rings is 1. The summed E-state index contributed by atoms with van der Waals surface area (Å²) in [6.45, 7) is 5.97. The van der Waals surface area contributed by atoms with Gasteiger partial charge in [0.2, 0.25) is 10.0 Å². The molecular formula is C14H16F2N2O2S2. The molecule has 0 aliphatic carbocycles. The Bertz CT molecular complexity index is 780. The highest BCUT2D eigenvalue weighted by molar-refractivity contribution is 7.89. The van der Waals surface area contributed by atoms with E-state index in [-0.39, 0.29) is 12.0 Å². The third kappa shape index (κ3) is 3.88. The first-order chi connectivity index (χ1) is 10.1. The van der Waals surface area contributed by atoms with Crippen molar-refractivity contribution in [2.75, 3.05) is 0 Å². The van der Waals surface area contributed by atoms with Crippen molar-refractivity contribution in [1.82, 2.24) is 9.71 Å². The molecule has 1 heterocycles. The van der Waals surface area contributed by atoms with Gasteiger partial charge in [0, 0.05) is 16.9 Å². The van der Waals surface area contributed by atoms with E-state index in [0.29, 0.717) is 11.8 Å². The van der Waals surface area contributed by atoms with Crippen molar-refractivity contribution in [2.24, 2.45) is 0 Å². The molecule has 0 fully saturated rings. The van der Waals surface area contributed by atoms with Crippen molar-refractivity contribution in [3.05, 3.63) is 45.9 Å². The summed E-state index contributed by atoms with van der Waals surface area (Å²) in [7, 11) is -4.06. The number of nitrogens with zero attached hydrogens (tertiary/aromatic N) is 1. The molecule has 2 aromatic rings. The van der Waals surface area contributed by atoms with Gasteiger partial charge in [-0.25, -0.2) is 26.9 Å². The third-order valence-corrected chi connectivity index (χ3v) is 5.57. The maximum Gasteiger partial charge on any atom is 0.243 e. The summed E-state index contributed by atoms with van der Waals surface area (Å²) in [5.74, 6) is -1.95. The molecule has 0 unspecified atom stereocenters. The van der Waals surface area contributed by atoms with Gasteiger partial charge in [0.05, 0.1) is 17.2 Å². The van der Waals surface area contributed by atoms with Gasteiger partial charge in [-0.05, 0) is 12.1 Å². The number of nitrogens with one attached hydrogen (secondary N) is 1. The molecule has 22 heavy (non-hydrogen) atoms. The van der Waals surface area contributed by atoms with Crippen molar-refractivity contribution in [3.63, 3.8) is 0 Å². The summed E-state index contributed by atoms with van der Waals surface area (Å²) < 4.78 is 52.8. The van der Waals surface area contributed by atoms with Gasteiger partial charge in [-0.2, -0.15) is 0 Å². The topological polar surface area (TPSA) is 59.1 Å². The SMILES string of the molecule is CC(C)(C)c1nc(CNS(=O)(=O)c2ccc(F)cc2F)cs1. The van der Waals surface area contributed by atoms with Crippen LogP contribution in [0.4, 0.5) is 8.78 Å². The predicted molar refractivity (Wildman–Crippen MR) is 81.2 cm³/mol. The van der Waals surface area contributed by atoms with Crippen LogP contribution in [0.3, 0.4) is 0 Å². The molecule has 0 saturated carbocycles. The van der Waals surface area contributed by atoms with Crippen molar-refractivity contribution in [1.29, 1.82) is 0 Å². The van der Waals surface area contributed by atoms with Crippen LogP contribution in [0.25, 0.3) is 0 Å². The molecule has 0 aliphatic heterocycles. The molecule has 0 spiro atoms. The average molecular weight is 346 g/mol. The predicted octanol–water partition coefficient (Wildman–Crippen LogP) is 3.20. The molecule has 1 N–H and O–H groups in total. The fourth-order valence-electron chi connectivity index (χ4n) is 1.67. The zero-order valence-corrected chi connectivity index (χ0v) is 14.0. The molecule has 0 amide bonds. The number of hydrogen-bond acceptors (Lipinski definition) is 4. The van der Waals surface area contributed by atoms with Gasteiger partial charge >= 0.3 is 0 Å². The number of aromatic nitrogens is 1. The monoisotopic (exact) mass is 346 g/mol. The molecule has 8 heteroatoms. The van der Waals surface area contributed by atoms with Crippen LogP contribution >= 0.6 is 11.3 Å². The van der Waals surface area contributed by atoms with Crippen LogP contribution in [-0.4, -0.2) is 13.4 Å². The lowest BCUT2D eigenvalue weighted by Crippen LogP contribution is -2.24. The number of halogens is 2. The summed E-state index contributed by atoms with van der Waals surface area (Å²) >= 11 is 1.44. The molecule has 0 saturated heterocycles. The molecule has 1 aromatic heterocycles. The minimum Gasteiger partial charge on any atom is -0.244 e. The standard InChI is InChI=1S/C14H16F2N2O2S2/c1-14(2,3)13-18-10(8-21-13)7-17-22(19,20)12-5-4-9(15)6-11(12)16/h4-6,8,17H,7H2,1-3H3. The van der Waals surface area contributed by atoms with Gasteiger partial charge in [-0.15, -0.1) is 11.3 Å². The van der Waals surface area contributed by atoms with Gasteiger partial charge in [-0.1, -0.05) is 20.8 Å². The smallest absolute Gasteiger partial charge is 0.243 e. The van der Waals surface area contributed by atoms with E-state index in [4.69, 9.17) is 0 Å². The summed E-state index contributed by atoms with van der Waals surface area (Å²) in [6, 6.07) is 2.34. The van der Waals surface area contributed by atoms with E-state index in [1.807, 2.05) is 20.8 Å². The fourth-order valence-corrected chi connectivity index (χ4v) is 3.64. The Morgan fingerprint density at radius 1 is 1.27 bits per heavy atom. The minimum absolute atomic E-state index is 0.0499. The van der Waals surface area contributed by atoms with Crippen LogP contribution in [0.5, 0.6) is 0 Å². The molecule has 0 aliphatic rings.